The summed E-state index contributed by atoms with van der Waals surface area (Å²) in [4.78, 5) is 27.2. The predicted octanol–water partition coefficient (Wildman–Crippen LogP) is 3.29. The number of aliphatic carboxylic acids is 1. The van der Waals surface area contributed by atoms with Crippen molar-refractivity contribution in [3.63, 3.8) is 0 Å². The van der Waals surface area contributed by atoms with Crippen LogP contribution in [0.5, 0.6) is 5.75 Å². The molecule has 0 saturated heterocycles. The van der Waals surface area contributed by atoms with Gasteiger partial charge in [-0.25, -0.2) is 4.98 Å². The first-order valence-corrected chi connectivity index (χ1v) is 8.44. The molecule has 3 aromatic rings. The summed E-state index contributed by atoms with van der Waals surface area (Å²) >= 11 is 0. The summed E-state index contributed by atoms with van der Waals surface area (Å²) in [6.07, 6.45) is -3.24. The van der Waals surface area contributed by atoms with Crippen LogP contribution in [0.25, 0.3) is 16.7 Å². The van der Waals surface area contributed by atoms with E-state index in [1.54, 1.807) is 19.1 Å². The number of alkyl halides is 3. The number of halogens is 3. The fourth-order valence-corrected chi connectivity index (χ4v) is 2.96. The lowest BCUT2D eigenvalue weighted by atomic mass is 10.0. The van der Waals surface area contributed by atoms with Crippen LogP contribution < -0.4 is 10.5 Å². The van der Waals surface area contributed by atoms with Crippen molar-refractivity contribution in [2.24, 2.45) is 11.7 Å². The molecular formula is C19H16F3N3O4. The molecule has 0 aliphatic carbocycles. The Morgan fingerprint density at radius 2 is 1.97 bits per heavy atom. The number of primary amides is 1. The van der Waals surface area contributed by atoms with E-state index in [1.165, 1.54) is 22.9 Å². The second-order valence-electron chi connectivity index (χ2n) is 6.46. The fraction of sp³-hybridized carbons (Fsp3) is 0.211. The third kappa shape index (κ3) is 4.48. The molecule has 1 atom stereocenters. The van der Waals surface area contributed by atoms with Crippen LogP contribution in [0.2, 0.25) is 0 Å². The number of aromatic nitrogens is 2. The topological polar surface area (TPSA) is 107 Å². The summed E-state index contributed by atoms with van der Waals surface area (Å²) in [6, 6.07) is 8.24. The van der Waals surface area contributed by atoms with Crippen LogP contribution in [0.3, 0.4) is 0 Å². The minimum absolute atomic E-state index is 0.0140. The van der Waals surface area contributed by atoms with E-state index in [-0.39, 0.29) is 23.4 Å². The molecule has 0 bridgehead atoms. The Labute approximate surface area is 162 Å². The zero-order chi connectivity index (χ0) is 21.3. The van der Waals surface area contributed by atoms with Crippen LogP contribution in [0.15, 0.2) is 42.6 Å². The summed E-state index contributed by atoms with van der Waals surface area (Å²) in [5.41, 5.74) is 6.31. The van der Waals surface area contributed by atoms with Gasteiger partial charge in [0.2, 0.25) is 0 Å². The van der Waals surface area contributed by atoms with Crippen molar-refractivity contribution in [3.8, 4) is 11.6 Å². The van der Waals surface area contributed by atoms with E-state index in [4.69, 9.17) is 10.8 Å². The van der Waals surface area contributed by atoms with Gasteiger partial charge in [-0.1, -0.05) is 6.92 Å². The molecule has 29 heavy (non-hydrogen) atoms. The lowest BCUT2D eigenvalue weighted by molar-refractivity contribution is -0.274. The van der Waals surface area contributed by atoms with Gasteiger partial charge in [0.15, 0.2) is 0 Å². The molecule has 0 fully saturated rings. The Balaban J connectivity index is 2.14. The summed E-state index contributed by atoms with van der Waals surface area (Å²) < 4.78 is 43.0. The standard InChI is InChI=1S/C19H16F3N3O4/c1-10(18(27)28)6-11-4-5-24-16(7-11)25-14-9-13(29-19(20,21)22)3-2-12(14)8-15(25)17(23)26/h2-5,7-10H,6H2,1H3,(H2,23,26)(H,27,28). The van der Waals surface area contributed by atoms with Gasteiger partial charge in [0, 0.05) is 17.6 Å². The maximum atomic E-state index is 12.6. The van der Waals surface area contributed by atoms with E-state index in [0.29, 0.717) is 10.9 Å². The normalized spacial score (nSPS) is 12.7. The van der Waals surface area contributed by atoms with Crippen LogP contribution in [-0.4, -0.2) is 32.9 Å². The average Bonchev–Trinajstić information content (AvgIpc) is 2.99. The van der Waals surface area contributed by atoms with Gasteiger partial charge in [0.05, 0.1) is 11.4 Å². The van der Waals surface area contributed by atoms with Crippen LogP contribution in [0.4, 0.5) is 13.2 Å². The smallest absolute Gasteiger partial charge is 0.481 e. The number of nitrogens with two attached hydrogens (primary N) is 1. The third-order valence-corrected chi connectivity index (χ3v) is 4.26. The minimum Gasteiger partial charge on any atom is -0.481 e. The number of carbonyl (C=O) groups is 2. The summed E-state index contributed by atoms with van der Waals surface area (Å²) in [7, 11) is 0. The van der Waals surface area contributed by atoms with Gasteiger partial charge in [0.25, 0.3) is 5.91 Å². The zero-order valence-corrected chi connectivity index (χ0v) is 15.1. The molecule has 1 aromatic carbocycles. The van der Waals surface area contributed by atoms with Crippen molar-refractivity contribution in [1.82, 2.24) is 9.55 Å². The summed E-state index contributed by atoms with van der Waals surface area (Å²) in [5, 5.41) is 9.55. The van der Waals surface area contributed by atoms with Crippen LogP contribution in [0.1, 0.15) is 23.0 Å². The number of ether oxygens (including phenoxy) is 1. The molecule has 10 heteroatoms. The van der Waals surface area contributed by atoms with Crippen molar-refractivity contribution in [2.45, 2.75) is 19.7 Å². The van der Waals surface area contributed by atoms with Crippen molar-refractivity contribution < 1.29 is 32.6 Å². The second-order valence-corrected chi connectivity index (χ2v) is 6.46. The molecule has 2 aromatic heterocycles. The Bertz CT molecular complexity index is 1090. The van der Waals surface area contributed by atoms with E-state index in [1.807, 2.05) is 0 Å². The molecule has 1 unspecified atom stereocenters. The molecular weight excluding hydrogens is 391 g/mol. The highest BCUT2D eigenvalue weighted by Gasteiger charge is 2.31. The van der Waals surface area contributed by atoms with Crippen molar-refractivity contribution in [2.75, 3.05) is 0 Å². The van der Waals surface area contributed by atoms with Crippen LogP contribution in [-0.2, 0) is 11.2 Å². The molecule has 0 radical (unpaired) electrons. The lowest BCUT2D eigenvalue weighted by Gasteiger charge is -2.12. The molecule has 0 saturated carbocycles. The van der Waals surface area contributed by atoms with Crippen molar-refractivity contribution in [1.29, 1.82) is 0 Å². The Kier molecular flexibility index (Phi) is 5.19. The molecule has 0 aliphatic heterocycles. The maximum Gasteiger partial charge on any atom is 0.573 e. The number of pyridine rings is 1. The van der Waals surface area contributed by atoms with Gasteiger partial charge in [0.1, 0.15) is 17.3 Å². The van der Waals surface area contributed by atoms with Crippen LogP contribution >= 0.6 is 0 Å². The van der Waals surface area contributed by atoms with E-state index < -0.39 is 29.9 Å². The number of carboxylic acid groups (broad SMARTS) is 1. The quantitative estimate of drug-likeness (QED) is 0.652. The van der Waals surface area contributed by atoms with E-state index >= 15 is 0 Å². The first-order chi connectivity index (χ1) is 13.5. The van der Waals surface area contributed by atoms with Crippen molar-refractivity contribution in [3.05, 3.63) is 53.9 Å². The molecule has 152 valence electrons. The minimum atomic E-state index is -4.87. The summed E-state index contributed by atoms with van der Waals surface area (Å²) in [6.45, 7) is 1.54. The highest BCUT2D eigenvalue weighted by atomic mass is 19.4. The molecule has 0 spiro atoms. The SMILES string of the molecule is CC(Cc1ccnc(-n2c(C(N)=O)cc3ccc(OC(F)(F)F)cc32)c1)C(=O)O. The van der Waals surface area contributed by atoms with Gasteiger partial charge in [-0.15, -0.1) is 13.2 Å². The number of nitrogens with zero attached hydrogens (tertiary/aromatic N) is 2. The first kappa shape index (κ1) is 20.2. The summed E-state index contributed by atoms with van der Waals surface area (Å²) in [5.74, 6) is -2.68. The van der Waals surface area contributed by atoms with Crippen molar-refractivity contribution >= 4 is 22.8 Å². The number of hydrogen-bond donors (Lipinski definition) is 2. The molecule has 1 amide bonds. The predicted molar refractivity (Wildman–Crippen MR) is 96.8 cm³/mol. The van der Waals surface area contributed by atoms with Gasteiger partial charge in [-0.2, -0.15) is 0 Å². The van der Waals surface area contributed by atoms with E-state index in [0.717, 1.165) is 12.1 Å². The van der Waals surface area contributed by atoms with Gasteiger partial charge in [-0.3, -0.25) is 14.2 Å². The molecule has 0 aliphatic rings. The average molecular weight is 407 g/mol. The van der Waals surface area contributed by atoms with Gasteiger partial charge >= 0.3 is 12.3 Å². The lowest BCUT2D eigenvalue weighted by Crippen LogP contribution is -2.18. The number of rotatable bonds is 6. The maximum absolute atomic E-state index is 12.6. The Morgan fingerprint density at radius 1 is 1.24 bits per heavy atom. The number of carbonyl (C=O) groups excluding carboxylic acids is 1. The largest absolute Gasteiger partial charge is 0.573 e. The zero-order valence-electron chi connectivity index (χ0n) is 15.1. The van der Waals surface area contributed by atoms with Gasteiger partial charge in [-0.05, 0) is 42.3 Å². The number of amides is 1. The Morgan fingerprint density at radius 3 is 2.59 bits per heavy atom. The third-order valence-electron chi connectivity index (χ3n) is 4.26. The molecule has 3 N–H and O–H groups in total. The molecule has 7 nitrogen and oxygen atoms in total. The highest BCUT2D eigenvalue weighted by Crippen LogP contribution is 2.30. The van der Waals surface area contributed by atoms with E-state index in [9.17, 15) is 22.8 Å². The second kappa shape index (κ2) is 7.46. The number of benzene rings is 1. The first-order valence-electron chi connectivity index (χ1n) is 8.44. The number of carboxylic acids is 1. The van der Waals surface area contributed by atoms with Crippen LogP contribution in [0, 0.1) is 5.92 Å². The molecule has 2 heterocycles. The number of fused-ring (bicyclic) bond motifs is 1. The Hall–Kier alpha value is -3.56. The monoisotopic (exact) mass is 407 g/mol. The van der Waals surface area contributed by atoms with Gasteiger partial charge < -0.3 is 15.6 Å². The van der Waals surface area contributed by atoms with E-state index in [2.05, 4.69) is 9.72 Å². The number of hydrogen-bond acceptors (Lipinski definition) is 4. The molecule has 3 rings (SSSR count). The fourth-order valence-electron chi connectivity index (χ4n) is 2.96. The highest BCUT2D eigenvalue weighted by molar-refractivity contribution is 5.99.